The summed E-state index contributed by atoms with van der Waals surface area (Å²) in [5.41, 5.74) is 4.33. The zero-order valence-corrected chi connectivity index (χ0v) is 12.1. The first kappa shape index (κ1) is 13.6. The first-order valence-corrected chi connectivity index (χ1v) is 7.47. The van der Waals surface area contributed by atoms with Gasteiger partial charge in [0.2, 0.25) is 0 Å². The Morgan fingerprint density at radius 2 is 1.72 bits per heavy atom. The second-order valence-electron chi connectivity index (χ2n) is 5.88. The van der Waals surface area contributed by atoms with Crippen molar-refractivity contribution in [3.8, 4) is 0 Å². The zero-order valence-electron chi connectivity index (χ0n) is 12.1. The van der Waals surface area contributed by atoms with E-state index in [1.165, 1.54) is 55.2 Å². The molecule has 1 fully saturated rings. The van der Waals surface area contributed by atoms with Gasteiger partial charge < -0.3 is 5.32 Å². The minimum atomic E-state index is 0.544. The van der Waals surface area contributed by atoms with Crippen LogP contribution in [0.15, 0.2) is 18.2 Å². The van der Waals surface area contributed by atoms with Crippen LogP contribution in [0.3, 0.4) is 0 Å². The fourth-order valence-electron chi connectivity index (χ4n) is 3.38. The third kappa shape index (κ3) is 3.14. The molecule has 0 heterocycles. The highest BCUT2D eigenvalue weighted by Gasteiger charge is 2.23. The van der Waals surface area contributed by atoms with Crippen LogP contribution in [0.2, 0.25) is 0 Å². The van der Waals surface area contributed by atoms with Gasteiger partial charge in [-0.15, -0.1) is 0 Å². The molecule has 1 atom stereocenters. The molecule has 0 spiro atoms. The predicted octanol–water partition coefficient (Wildman–Crippen LogP) is 4.53. The highest BCUT2D eigenvalue weighted by Crippen LogP contribution is 2.34. The van der Waals surface area contributed by atoms with Crippen molar-refractivity contribution >= 4 is 0 Å². The molecule has 0 saturated heterocycles. The van der Waals surface area contributed by atoms with Crippen LogP contribution in [-0.2, 0) is 0 Å². The van der Waals surface area contributed by atoms with E-state index < -0.39 is 0 Å². The molecule has 1 unspecified atom stereocenters. The monoisotopic (exact) mass is 245 g/mol. The molecule has 1 nitrogen and oxygen atoms in total. The molecule has 1 heteroatoms. The van der Waals surface area contributed by atoms with E-state index in [4.69, 9.17) is 0 Å². The molecule has 0 aliphatic heterocycles. The van der Waals surface area contributed by atoms with Crippen LogP contribution in [-0.4, -0.2) is 7.05 Å². The molecule has 0 aromatic heterocycles. The van der Waals surface area contributed by atoms with E-state index in [1.807, 2.05) is 0 Å². The van der Waals surface area contributed by atoms with Crippen LogP contribution in [0.4, 0.5) is 0 Å². The summed E-state index contributed by atoms with van der Waals surface area (Å²) >= 11 is 0. The van der Waals surface area contributed by atoms with Crippen molar-refractivity contribution in [2.45, 2.75) is 58.4 Å². The Bertz CT molecular complexity index is 375. The molecule has 1 aromatic carbocycles. The fraction of sp³-hybridized carbons (Fsp3) is 0.647. The molecule has 1 aliphatic rings. The topological polar surface area (TPSA) is 12.0 Å². The van der Waals surface area contributed by atoms with Crippen LogP contribution in [0, 0.1) is 19.8 Å². The summed E-state index contributed by atoms with van der Waals surface area (Å²) in [5.74, 6) is 0.818. The van der Waals surface area contributed by atoms with Gasteiger partial charge in [-0.1, -0.05) is 49.4 Å². The Kier molecular flexibility index (Phi) is 4.82. The maximum absolute atomic E-state index is 3.58. The van der Waals surface area contributed by atoms with E-state index in [0.29, 0.717) is 6.04 Å². The summed E-state index contributed by atoms with van der Waals surface area (Å²) in [4.78, 5) is 0. The fourth-order valence-corrected chi connectivity index (χ4v) is 3.38. The largest absolute Gasteiger partial charge is 0.313 e. The van der Waals surface area contributed by atoms with Gasteiger partial charge in [0.25, 0.3) is 0 Å². The van der Waals surface area contributed by atoms with Gasteiger partial charge in [0.1, 0.15) is 0 Å². The normalized spacial score (nSPS) is 19.5. The standard InChI is InChI=1S/C17H27N/c1-13-10-11-14(2)16(12-13)17(18-3)15-8-6-4-5-7-9-15/h10-12,15,17-18H,4-9H2,1-3H3. The Morgan fingerprint density at radius 3 is 2.33 bits per heavy atom. The second-order valence-corrected chi connectivity index (χ2v) is 5.88. The molecule has 18 heavy (non-hydrogen) atoms. The third-order valence-corrected chi connectivity index (χ3v) is 4.45. The molecule has 1 aromatic rings. The molecule has 2 rings (SSSR count). The van der Waals surface area contributed by atoms with Crippen LogP contribution in [0.5, 0.6) is 0 Å². The Hall–Kier alpha value is -0.820. The van der Waals surface area contributed by atoms with Crippen LogP contribution in [0.25, 0.3) is 0 Å². The van der Waals surface area contributed by atoms with Gasteiger partial charge >= 0.3 is 0 Å². The maximum Gasteiger partial charge on any atom is 0.0348 e. The number of nitrogens with one attached hydrogen (secondary N) is 1. The average Bonchev–Trinajstić information content (AvgIpc) is 2.64. The zero-order chi connectivity index (χ0) is 13.0. The highest BCUT2D eigenvalue weighted by atomic mass is 14.9. The second kappa shape index (κ2) is 6.38. The summed E-state index contributed by atoms with van der Waals surface area (Å²) in [6, 6.07) is 7.41. The molecule has 1 aliphatic carbocycles. The molecule has 1 N–H and O–H groups in total. The lowest BCUT2D eigenvalue weighted by atomic mass is 9.85. The molecular formula is C17H27N. The van der Waals surface area contributed by atoms with Crippen molar-refractivity contribution in [3.05, 3.63) is 34.9 Å². The van der Waals surface area contributed by atoms with Crippen molar-refractivity contribution in [2.24, 2.45) is 5.92 Å². The first-order chi connectivity index (χ1) is 8.72. The average molecular weight is 245 g/mol. The summed E-state index contributed by atoms with van der Waals surface area (Å²) in [6.45, 7) is 4.44. The predicted molar refractivity (Wildman–Crippen MR) is 78.9 cm³/mol. The van der Waals surface area contributed by atoms with Crippen molar-refractivity contribution in [3.63, 3.8) is 0 Å². The Balaban J connectivity index is 2.23. The number of hydrogen-bond donors (Lipinski definition) is 1. The minimum Gasteiger partial charge on any atom is -0.313 e. The molecule has 0 amide bonds. The van der Waals surface area contributed by atoms with E-state index in [0.717, 1.165) is 5.92 Å². The van der Waals surface area contributed by atoms with Crippen molar-refractivity contribution < 1.29 is 0 Å². The van der Waals surface area contributed by atoms with Crippen molar-refractivity contribution in [2.75, 3.05) is 7.05 Å². The summed E-state index contributed by atoms with van der Waals surface area (Å²) in [6.07, 6.45) is 8.46. The number of aryl methyl sites for hydroxylation is 2. The first-order valence-electron chi connectivity index (χ1n) is 7.47. The van der Waals surface area contributed by atoms with Crippen molar-refractivity contribution in [1.82, 2.24) is 5.32 Å². The van der Waals surface area contributed by atoms with Gasteiger partial charge in [-0.3, -0.25) is 0 Å². The van der Waals surface area contributed by atoms with Crippen molar-refractivity contribution in [1.29, 1.82) is 0 Å². The summed E-state index contributed by atoms with van der Waals surface area (Å²) < 4.78 is 0. The number of benzene rings is 1. The molecule has 0 bridgehead atoms. The lowest BCUT2D eigenvalue weighted by Gasteiger charge is -2.28. The molecule has 1 saturated carbocycles. The lowest BCUT2D eigenvalue weighted by molar-refractivity contribution is 0.340. The smallest absolute Gasteiger partial charge is 0.0348 e. The SMILES string of the molecule is CNC(c1cc(C)ccc1C)C1CCCCCC1. The Morgan fingerprint density at radius 1 is 1.06 bits per heavy atom. The molecular weight excluding hydrogens is 218 g/mol. The van der Waals surface area contributed by atoms with Gasteiger partial charge in [0.15, 0.2) is 0 Å². The van der Waals surface area contributed by atoms with Gasteiger partial charge in [0.05, 0.1) is 0 Å². The minimum absolute atomic E-state index is 0.544. The summed E-state index contributed by atoms with van der Waals surface area (Å²) in [7, 11) is 2.12. The van der Waals surface area contributed by atoms with Gasteiger partial charge in [-0.2, -0.15) is 0 Å². The summed E-state index contributed by atoms with van der Waals surface area (Å²) in [5, 5.41) is 3.58. The Labute approximate surface area is 112 Å². The van der Waals surface area contributed by atoms with Gasteiger partial charge in [-0.25, -0.2) is 0 Å². The maximum atomic E-state index is 3.58. The highest BCUT2D eigenvalue weighted by molar-refractivity contribution is 5.33. The van der Waals surface area contributed by atoms with Crippen LogP contribution in [0.1, 0.15) is 61.3 Å². The van der Waals surface area contributed by atoms with E-state index in [2.05, 4.69) is 44.4 Å². The van der Waals surface area contributed by atoms with Gasteiger partial charge in [0, 0.05) is 6.04 Å². The van der Waals surface area contributed by atoms with Crippen LogP contribution >= 0.6 is 0 Å². The van der Waals surface area contributed by atoms with E-state index >= 15 is 0 Å². The quantitative estimate of drug-likeness (QED) is 0.771. The molecule has 0 radical (unpaired) electrons. The third-order valence-electron chi connectivity index (χ3n) is 4.45. The number of rotatable bonds is 3. The van der Waals surface area contributed by atoms with Crippen LogP contribution < -0.4 is 5.32 Å². The van der Waals surface area contributed by atoms with E-state index in [-0.39, 0.29) is 0 Å². The van der Waals surface area contributed by atoms with E-state index in [9.17, 15) is 0 Å². The molecule has 100 valence electrons. The van der Waals surface area contributed by atoms with E-state index in [1.54, 1.807) is 0 Å². The van der Waals surface area contributed by atoms with Gasteiger partial charge in [-0.05, 0) is 50.8 Å². The number of hydrogen-bond acceptors (Lipinski definition) is 1. The lowest BCUT2D eigenvalue weighted by Crippen LogP contribution is -2.26.